The van der Waals surface area contributed by atoms with Gasteiger partial charge in [-0.3, -0.25) is 0 Å². The van der Waals surface area contributed by atoms with Crippen molar-refractivity contribution in [3.05, 3.63) is 42.5 Å². The molecule has 1 aliphatic heterocycles. The van der Waals surface area contributed by atoms with Crippen LogP contribution in [-0.2, 0) is 14.3 Å². The highest BCUT2D eigenvalue weighted by Gasteiger charge is 2.48. The van der Waals surface area contributed by atoms with Gasteiger partial charge in [-0.2, -0.15) is 0 Å². The summed E-state index contributed by atoms with van der Waals surface area (Å²) in [5.74, 6) is -0.809. The quantitative estimate of drug-likeness (QED) is 0.381. The van der Waals surface area contributed by atoms with Crippen LogP contribution in [0.4, 0.5) is 0 Å². The summed E-state index contributed by atoms with van der Waals surface area (Å²) in [7, 11) is 0. The predicted octanol–water partition coefficient (Wildman–Crippen LogP) is 0.494. The molecule has 0 aliphatic carbocycles. The van der Waals surface area contributed by atoms with Gasteiger partial charge in [0.25, 0.3) is 0 Å². The van der Waals surface area contributed by atoms with Crippen molar-refractivity contribution < 1.29 is 39.4 Å². The molecule has 3 rings (SSSR count). The van der Waals surface area contributed by atoms with Gasteiger partial charge in [-0.1, -0.05) is 50.2 Å². The van der Waals surface area contributed by atoms with Crippen LogP contribution in [0.5, 0.6) is 5.75 Å². The van der Waals surface area contributed by atoms with Gasteiger partial charge in [0.15, 0.2) is 12.4 Å². The zero-order chi connectivity index (χ0) is 22.5. The molecule has 1 fully saturated rings. The standard InChI is InChI=1S/C22H29NO8/c1-12(2)23-10-14(11-29-16-9-5-7-13-6-3-4-8-15(13)16)30-22-19(26)17(24)18(25)20(31-22)21(27)28/h3-9,12,14,17-20,22-26H,10-11H2,1-2H3,(H,27,28)/t14?,17-,18-,19+,20-,22+/m0/s1. The molecule has 6 atom stereocenters. The van der Waals surface area contributed by atoms with Crippen LogP contribution >= 0.6 is 0 Å². The summed E-state index contributed by atoms with van der Waals surface area (Å²) in [6.45, 7) is 4.31. The summed E-state index contributed by atoms with van der Waals surface area (Å²) < 4.78 is 17.0. The van der Waals surface area contributed by atoms with E-state index in [4.69, 9.17) is 14.2 Å². The smallest absolute Gasteiger partial charge is 0.335 e. The van der Waals surface area contributed by atoms with Crippen molar-refractivity contribution in [3.63, 3.8) is 0 Å². The highest BCUT2D eigenvalue weighted by atomic mass is 16.7. The van der Waals surface area contributed by atoms with Gasteiger partial charge in [0, 0.05) is 18.0 Å². The van der Waals surface area contributed by atoms with Gasteiger partial charge in [0.2, 0.25) is 0 Å². The number of rotatable bonds is 9. The molecule has 0 bridgehead atoms. The van der Waals surface area contributed by atoms with Crippen LogP contribution in [0.2, 0.25) is 0 Å². The van der Waals surface area contributed by atoms with Crippen molar-refractivity contribution in [2.75, 3.05) is 13.2 Å². The first-order valence-corrected chi connectivity index (χ1v) is 10.2. The number of benzene rings is 2. The Bertz CT molecular complexity index is 870. The number of carbonyl (C=O) groups is 1. The Morgan fingerprint density at radius 1 is 1.06 bits per heavy atom. The fourth-order valence-corrected chi connectivity index (χ4v) is 3.37. The molecule has 9 nitrogen and oxygen atoms in total. The number of hydrogen-bond acceptors (Lipinski definition) is 8. The first kappa shape index (κ1) is 23.4. The molecule has 5 N–H and O–H groups in total. The Morgan fingerprint density at radius 2 is 1.77 bits per heavy atom. The minimum Gasteiger partial charge on any atom is -0.490 e. The maximum absolute atomic E-state index is 11.3. The average molecular weight is 435 g/mol. The summed E-state index contributed by atoms with van der Waals surface area (Å²) in [5.41, 5.74) is 0. The third-order valence-electron chi connectivity index (χ3n) is 5.07. The number of fused-ring (bicyclic) bond motifs is 1. The Labute approximate surface area is 180 Å². The second kappa shape index (κ2) is 10.4. The molecule has 1 aliphatic rings. The molecule has 0 aromatic heterocycles. The first-order valence-electron chi connectivity index (χ1n) is 10.2. The molecule has 0 amide bonds. The van der Waals surface area contributed by atoms with Crippen molar-refractivity contribution in [2.45, 2.75) is 56.7 Å². The summed E-state index contributed by atoms with van der Waals surface area (Å²) in [6, 6.07) is 13.6. The van der Waals surface area contributed by atoms with Crippen LogP contribution in [0.25, 0.3) is 10.8 Å². The van der Waals surface area contributed by atoms with Crippen LogP contribution < -0.4 is 10.1 Å². The number of nitrogens with one attached hydrogen (secondary N) is 1. The maximum Gasteiger partial charge on any atom is 0.335 e. The Morgan fingerprint density at radius 3 is 2.48 bits per heavy atom. The number of aliphatic hydroxyl groups is 3. The first-order chi connectivity index (χ1) is 14.8. The van der Waals surface area contributed by atoms with Gasteiger partial charge in [-0.15, -0.1) is 0 Å². The van der Waals surface area contributed by atoms with Crippen LogP contribution in [0.1, 0.15) is 13.8 Å². The van der Waals surface area contributed by atoms with Gasteiger partial charge in [-0.25, -0.2) is 4.79 Å². The molecule has 170 valence electrons. The number of ether oxygens (including phenoxy) is 3. The second-order valence-electron chi connectivity index (χ2n) is 7.84. The zero-order valence-corrected chi connectivity index (χ0v) is 17.4. The summed E-state index contributed by atoms with van der Waals surface area (Å²) in [4.78, 5) is 11.3. The highest BCUT2D eigenvalue weighted by molar-refractivity contribution is 5.88. The maximum atomic E-state index is 11.3. The third kappa shape index (κ3) is 5.70. The van der Waals surface area contributed by atoms with Crippen LogP contribution in [0.15, 0.2) is 42.5 Å². The lowest BCUT2D eigenvalue weighted by atomic mass is 9.99. The molecule has 0 spiro atoms. The Balaban J connectivity index is 1.73. The van der Waals surface area contributed by atoms with Crippen molar-refractivity contribution >= 4 is 16.7 Å². The number of aliphatic hydroxyl groups excluding tert-OH is 3. The lowest BCUT2D eigenvalue weighted by Crippen LogP contribution is -2.61. The van der Waals surface area contributed by atoms with Gasteiger partial charge >= 0.3 is 5.97 Å². The fourth-order valence-electron chi connectivity index (χ4n) is 3.37. The van der Waals surface area contributed by atoms with E-state index in [1.54, 1.807) is 0 Å². The molecule has 1 heterocycles. The normalized spacial score (nSPS) is 27.4. The van der Waals surface area contributed by atoms with Crippen molar-refractivity contribution in [2.24, 2.45) is 0 Å². The van der Waals surface area contributed by atoms with E-state index < -0.39 is 42.8 Å². The topological polar surface area (TPSA) is 138 Å². The number of carboxylic acids is 1. The zero-order valence-electron chi connectivity index (χ0n) is 17.4. The highest BCUT2D eigenvalue weighted by Crippen LogP contribution is 2.26. The minimum absolute atomic E-state index is 0.0801. The van der Waals surface area contributed by atoms with E-state index in [2.05, 4.69) is 5.32 Å². The summed E-state index contributed by atoms with van der Waals surface area (Å²) >= 11 is 0. The molecule has 2 aromatic rings. The van der Waals surface area contributed by atoms with Crippen molar-refractivity contribution in [3.8, 4) is 5.75 Å². The summed E-state index contributed by atoms with van der Waals surface area (Å²) in [5, 5.41) is 44.5. The average Bonchev–Trinajstić information content (AvgIpc) is 2.75. The molecule has 31 heavy (non-hydrogen) atoms. The van der Waals surface area contributed by atoms with Gasteiger partial charge in [0.05, 0.1) is 0 Å². The van der Waals surface area contributed by atoms with E-state index in [0.29, 0.717) is 12.3 Å². The fraction of sp³-hybridized carbons (Fsp3) is 0.500. The minimum atomic E-state index is -1.77. The molecule has 1 unspecified atom stereocenters. The largest absolute Gasteiger partial charge is 0.490 e. The van der Waals surface area contributed by atoms with Gasteiger partial charge in [0.1, 0.15) is 36.8 Å². The molecule has 1 saturated heterocycles. The molecule has 2 aromatic carbocycles. The van der Waals surface area contributed by atoms with Gasteiger partial charge < -0.3 is 40.0 Å². The van der Waals surface area contributed by atoms with E-state index >= 15 is 0 Å². The van der Waals surface area contributed by atoms with E-state index in [0.717, 1.165) is 10.8 Å². The monoisotopic (exact) mass is 435 g/mol. The summed E-state index contributed by atoms with van der Waals surface area (Å²) in [6.07, 6.45) is -8.93. The SMILES string of the molecule is CC(C)NCC(COc1cccc2ccccc12)O[C@@H]1O[C@H](C(=O)O)[C@@H](O)[C@H](O)[C@H]1O. The Kier molecular flexibility index (Phi) is 7.82. The number of hydrogen-bond donors (Lipinski definition) is 5. The van der Waals surface area contributed by atoms with Crippen LogP contribution in [-0.4, -0.2) is 82.4 Å². The molecule has 0 saturated carbocycles. The van der Waals surface area contributed by atoms with Crippen LogP contribution in [0.3, 0.4) is 0 Å². The van der Waals surface area contributed by atoms with E-state index in [1.807, 2.05) is 56.3 Å². The van der Waals surface area contributed by atoms with E-state index in [-0.39, 0.29) is 12.6 Å². The number of carboxylic acid groups (broad SMARTS) is 1. The van der Waals surface area contributed by atoms with E-state index in [9.17, 15) is 25.2 Å². The molecular weight excluding hydrogens is 406 g/mol. The van der Waals surface area contributed by atoms with E-state index in [1.165, 1.54) is 0 Å². The van der Waals surface area contributed by atoms with Crippen molar-refractivity contribution in [1.29, 1.82) is 0 Å². The second-order valence-corrected chi connectivity index (χ2v) is 7.84. The van der Waals surface area contributed by atoms with Crippen molar-refractivity contribution in [1.82, 2.24) is 5.32 Å². The molecule has 0 radical (unpaired) electrons. The Hall–Kier alpha value is -2.27. The molecule has 9 heteroatoms. The number of aliphatic carboxylic acids is 1. The predicted molar refractivity (Wildman–Crippen MR) is 112 cm³/mol. The lowest BCUT2D eigenvalue weighted by Gasteiger charge is -2.39. The van der Waals surface area contributed by atoms with Gasteiger partial charge in [-0.05, 0) is 11.5 Å². The van der Waals surface area contributed by atoms with Crippen LogP contribution in [0, 0.1) is 0 Å². The lowest BCUT2D eigenvalue weighted by molar-refractivity contribution is -0.305. The third-order valence-corrected chi connectivity index (χ3v) is 5.07. The molecular formula is C22H29NO8.